The summed E-state index contributed by atoms with van der Waals surface area (Å²) in [5.74, 6) is 1.01. The maximum absolute atomic E-state index is 13.0. The topological polar surface area (TPSA) is 46.3 Å². The smallest absolute Gasteiger partial charge is 0.290 e. The second-order valence-corrected chi connectivity index (χ2v) is 8.46. The van der Waals surface area contributed by atoms with Gasteiger partial charge in [0.15, 0.2) is 16.5 Å². The monoisotopic (exact) mass is 380 g/mol. The molecular formula is C20H16N2O2S2. The maximum atomic E-state index is 13.0. The minimum Gasteiger partial charge on any atom is -0.448 e. The van der Waals surface area contributed by atoms with E-state index < -0.39 is 0 Å². The van der Waals surface area contributed by atoms with Crippen LogP contribution in [0.4, 0.5) is 0 Å². The second kappa shape index (κ2) is 6.37. The Hall–Kier alpha value is -2.44. The highest BCUT2D eigenvalue weighted by Gasteiger charge is 2.34. The number of carbonyl (C=O) groups is 1. The van der Waals surface area contributed by atoms with Crippen molar-refractivity contribution in [2.24, 2.45) is 0 Å². The third kappa shape index (κ3) is 2.95. The van der Waals surface area contributed by atoms with Crippen LogP contribution in [-0.2, 0) is 6.54 Å². The van der Waals surface area contributed by atoms with Gasteiger partial charge in [-0.2, -0.15) is 0 Å². The number of carbonyl (C=O) groups excluding carboxylic acids is 1. The number of benzene rings is 1. The van der Waals surface area contributed by atoms with Crippen molar-refractivity contribution in [3.8, 4) is 10.8 Å². The van der Waals surface area contributed by atoms with E-state index in [0.717, 1.165) is 28.1 Å². The lowest BCUT2D eigenvalue weighted by Gasteiger charge is -2.20. The van der Waals surface area contributed by atoms with E-state index >= 15 is 0 Å². The molecular weight excluding hydrogens is 364 g/mol. The summed E-state index contributed by atoms with van der Waals surface area (Å²) in [4.78, 5) is 20.7. The zero-order chi connectivity index (χ0) is 17.5. The quantitative estimate of drug-likeness (QED) is 0.464. The number of hydrogen-bond donors (Lipinski definition) is 0. The van der Waals surface area contributed by atoms with Gasteiger partial charge in [-0.15, -0.1) is 22.7 Å². The van der Waals surface area contributed by atoms with Crippen molar-refractivity contribution in [2.75, 3.05) is 0 Å². The first-order chi connectivity index (χ1) is 12.8. The van der Waals surface area contributed by atoms with E-state index in [4.69, 9.17) is 4.42 Å². The Bertz CT molecular complexity index is 1030. The van der Waals surface area contributed by atoms with Crippen molar-refractivity contribution >= 4 is 38.8 Å². The molecule has 0 atom stereocenters. The molecule has 4 nitrogen and oxygen atoms in total. The molecule has 1 aliphatic rings. The lowest BCUT2D eigenvalue weighted by molar-refractivity contribution is 0.0700. The minimum absolute atomic E-state index is 0.0340. The average molecular weight is 380 g/mol. The van der Waals surface area contributed by atoms with Crippen LogP contribution in [0.1, 0.15) is 28.3 Å². The van der Waals surface area contributed by atoms with E-state index in [1.807, 2.05) is 46.7 Å². The molecule has 1 aliphatic carbocycles. The minimum atomic E-state index is -0.0340. The molecule has 3 aromatic heterocycles. The van der Waals surface area contributed by atoms with Crippen molar-refractivity contribution in [2.45, 2.75) is 25.4 Å². The summed E-state index contributed by atoms with van der Waals surface area (Å²) in [5.41, 5.74) is 0.953. The Labute approximate surface area is 158 Å². The Morgan fingerprint density at radius 2 is 2.04 bits per heavy atom. The molecule has 0 saturated heterocycles. The van der Waals surface area contributed by atoms with Crippen LogP contribution in [0.15, 0.2) is 58.3 Å². The van der Waals surface area contributed by atoms with Crippen LogP contribution in [0, 0.1) is 0 Å². The SMILES string of the molecule is O=C(c1ccc(-c2nc3ccccc3s2)o1)N(Cc1cccs1)C1CC1. The summed E-state index contributed by atoms with van der Waals surface area (Å²) in [6.45, 7) is 0.651. The van der Waals surface area contributed by atoms with Crippen LogP contribution < -0.4 is 0 Å². The first kappa shape index (κ1) is 15.8. The van der Waals surface area contributed by atoms with Gasteiger partial charge in [0.25, 0.3) is 5.91 Å². The van der Waals surface area contributed by atoms with Gasteiger partial charge in [-0.25, -0.2) is 4.98 Å². The lowest BCUT2D eigenvalue weighted by atomic mass is 10.3. The molecule has 3 heterocycles. The molecule has 0 aliphatic heterocycles. The summed E-state index contributed by atoms with van der Waals surface area (Å²) >= 11 is 3.26. The summed E-state index contributed by atoms with van der Waals surface area (Å²) in [6, 6.07) is 16.0. The normalized spacial score (nSPS) is 14.0. The predicted octanol–water partition coefficient (Wildman–Crippen LogP) is 5.42. The van der Waals surface area contributed by atoms with E-state index in [0.29, 0.717) is 24.1 Å². The molecule has 0 N–H and O–H groups in total. The highest BCUT2D eigenvalue weighted by molar-refractivity contribution is 7.21. The molecule has 0 unspecified atom stereocenters. The zero-order valence-corrected chi connectivity index (χ0v) is 15.6. The van der Waals surface area contributed by atoms with Crippen LogP contribution >= 0.6 is 22.7 Å². The first-order valence-electron chi connectivity index (χ1n) is 8.57. The van der Waals surface area contributed by atoms with E-state index in [1.54, 1.807) is 28.7 Å². The highest BCUT2D eigenvalue weighted by atomic mass is 32.1. The molecule has 0 radical (unpaired) electrons. The van der Waals surface area contributed by atoms with Crippen LogP contribution in [0.3, 0.4) is 0 Å². The Morgan fingerprint density at radius 3 is 2.81 bits per heavy atom. The largest absolute Gasteiger partial charge is 0.448 e. The number of aromatic nitrogens is 1. The van der Waals surface area contributed by atoms with Crippen molar-refractivity contribution in [1.29, 1.82) is 0 Å². The molecule has 1 amide bonds. The van der Waals surface area contributed by atoms with E-state index in [1.165, 1.54) is 4.88 Å². The number of amides is 1. The maximum Gasteiger partial charge on any atom is 0.290 e. The van der Waals surface area contributed by atoms with Crippen LogP contribution in [0.25, 0.3) is 21.0 Å². The van der Waals surface area contributed by atoms with Gasteiger partial charge in [0.1, 0.15) is 0 Å². The van der Waals surface area contributed by atoms with Gasteiger partial charge in [0.05, 0.1) is 16.8 Å². The van der Waals surface area contributed by atoms with Crippen molar-refractivity contribution in [3.05, 3.63) is 64.5 Å². The van der Waals surface area contributed by atoms with Gasteiger partial charge < -0.3 is 9.32 Å². The number of para-hydroxylation sites is 1. The molecule has 26 heavy (non-hydrogen) atoms. The third-order valence-corrected chi connectivity index (χ3v) is 6.39. The van der Waals surface area contributed by atoms with Crippen LogP contribution in [-0.4, -0.2) is 21.8 Å². The molecule has 5 rings (SSSR count). The van der Waals surface area contributed by atoms with E-state index in [2.05, 4.69) is 11.1 Å². The Morgan fingerprint density at radius 1 is 1.15 bits per heavy atom. The number of thiophene rings is 1. The predicted molar refractivity (Wildman–Crippen MR) is 105 cm³/mol. The van der Waals surface area contributed by atoms with Crippen molar-refractivity contribution in [1.82, 2.24) is 9.88 Å². The molecule has 6 heteroatoms. The van der Waals surface area contributed by atoms with Gasteiger partial charge in [0.2, 0.25) is 0 Å². The van der Waals surface area contributed by atoms with Crippen molar-refractivity contribution in [3.63, 3.8) is 0 Å². The molecule has 130 valence electrons. The number of hydrogen-bond acceptors (Lipinski definition) is 5. The van der Waals surface area contributed by atoms with Crippen molar-refractivity contribution < 1.29 is 9.21 Å². The second-order valence-electron chi connectivity index (χ2n) is 6.39. The van der Waals surface area contributed by atoms with E-state index in [9.17, 15) is 4.79 Å². The van der Waals surface area contributed by atoms with Gasteiger partial charge >= 0.3 is 0 Å². The molecule has 1 fully saturated rings. The number of fused-ring (bicyclic) bond motifs is 1. The summed E-state index contributed by atoms with van der Waals surface area (Å²) in [5, 5.41) is 2.85. The summed E-state index contributed by atoms with van der Waals surface area (Å²) in [6.07, 6.45) is 2.14. The number of nitrogens with zero attached hydrogens (tertiary/aromatic N) is 2. The number of thiazole rings is 1. The van der Waals surface area contributed by atoms with Crippen LogP contribution in [0.2, 0.25) is 0 Å². The number of rotatable bonds is 5. The average Bonchev–Trinajstić information content (AvgIpc) is 3.09. The Balaban J connectivity index is 1.42. The van der Waals surface area contributed by atoms with Gasteiger partial charge in [-0.1, -0.05) is 18.2 Å². The summed E-state index contributed by atoms with van der Waals surface area (Å²) < 4.78 is 7.01. The molecule has 1 aromatic carbocycles. The molecule has 4 aromatic rings. The number of furan rings is 1. The zero-order valence-electron chi connectivity index (χ0n) is 13.9. The Kier molecular flexibility index (Phi) is 3.87. The summed E-state index contributed by atoms with van der Waals surface area (Å²) in [7, 11) is 0. The highest BCUT2D eigenvalue weighted by Crippen LogP contribution is 2.34. The first-order valence-corrected chi connectivity index (χ1v) is 10.3. The van der Waals surface area contributed by atoms with Gasteiger partial charge in [-0.3, -0.25) is 4.79 Å². The standard InChI is InChI=1S/C20H16N2O2S2/c23-20(22(13-7-8-13)12-14-4-3-11-25-14)17-10-9-16(24-17)19-21-15-5-1-2-6-18(15)26-19/h1-6,9-11,13H,7-8,12H2. The molecule has 0 spiro atoms. The molecule has 0 bridgehead atoms. The fourth-order valence-electron chi connectivity index (χ4n) is 3.01. The van der Waals surface area contributed by atoms with E-state index in [-0.39, 0.29) is 5.91 Å². The lowest BCUT2D eigenvalue weighted by Crippen LogP contribution is -2.32. The fraction of sp³-hybridized carbons (Fsp3) is 0.200. The third-order valence-electron chi connectivity index (χ3n) is 4.48. The van der Waals surface area contributed by atoms with Crippen LogP contribution in [0.5, 0.6) is 0 Å². The molecule has 1 saturated carbocycles. The fourth-order valence-corrected chi connectivity index (χ4v) is 4.64. The van der Waals surface area contributed by atoms with Gasteiger partial charge in [-0.05, 0) is 48.6 Å². The van der Waals surface area contributed by atoms with Gasteiger partial charge in [0, 0.05) is 10.9 Å².